The van der Waals surface area contributed by atoms with Crippen LogP contribution in [0.3, 0.4) is 0 Å². The van der Waals surface area contributed by atoms with Gasteiger partial charge in [0.15, 0.2) is 5.82 Å². The molecule has 0 saturated heterocycles. The van der Waals surface area contributed by atoms with Crippen molar-refractivity contribution in [3.8, 4) is 0 Å². The van der Waals surface area contributed by atoms with E-state index in [0.29, 0.717) is 31.8 Å². The summed E-state index contributed by atoms with van der Waals surface area (Å²) in [5.41, 5.74) is 3.80. The van der Waals surface area contributed by atoms with Crippen LogP contribution in [0.15, 0.2) is 83.4 Å². The fourth-order valence-corrected chi connectivity index (χ4v) is 4.83. The van der Waals surface area contributed by atoms with Crippen LogP contribution < -0.4 is 10.2 Å². The summed E-state index contributed by atoms with van der Waals surface area (Å²) in [5, 5.41) is 3.82. The Balaban J connectivity index is 1.24. The Morgan fingerprint density at radius 1 is 1.09 bits per heavy atom. The summed E-state index contributed by atoms with van der Waals surface area (Å²) in [6.45, 7) is 1.62. The van der Waals surface area contributed by atoms with E-state index in [-0.39, 0.29) is 5.91 Å². The number of methoxy groups -OCH3 is 1. The van der Waals surface area contributed by atoms with E-state index in [9.17, 15) is 4.79 Å². The minimum absolute atomic E-state index is 0.0705. The van der Waals surface area contributed by atoms with E-state index in [0.717, 1.165) is 32.7 Å². The zero-order valence-electron chi connectivity index (χ0n) is 18.7. The molecule has 0 saturated carbocycles. The molecule has 0 fully saturated rings. The number of hydrogen-bond acceptors (Lipinski definition) is 7. The molecular weight excluding hydrogens is 448 g/mol. The minimum Gasteiger partial charge on any atom is -0.364 e. The first-order valence-corrected chi connectivity index (χ1v) is 11.7. The Kier molecular flexibility index (Phi) is 6.55. The van der Waals surface area contributed by atoms with Crippen LogP contribution in [0, 0.1) is 0 Å². The highest BCUT2D eigenvalue weighted by molar-refractivity contribution is 7.99. The van der Waals surface area contributed by atoms with Crippen LogP contribution >= 0.6 is 11.8 Å². The van der Waals surface area contributed by atoms with Crippen molar-refractivity contribution in [2.75, 3.05) is 25.3 Å². The van der Waals surface area contributed by atoms with Crippen molar-refractivity contribution >= 4 is 29.2 Å². The lowest BCUT2D eigenvalue weighted by Crippen LogP contribution is -2.25. The van der Waals surface area contributed by atoms with Crippen LogP contribution in [-0.2, 0) is 17.7 Å². The van der Waals surface area contributed by atoms with Gasteiger partial charge in [-0.05, 0) is 29.8 Å². The number of imidazole rings is 1. The molecule has 2 aromatic carbocycles. The summed E-state index contributed by atoms with van der Waals surface area (Å²) in [6, 6.07) is 15.6. The molecule has 1 amide bonds. The molecule has 8 nitrogen and oxygen atoms in total. The molecule has 0 unspecified atom stereocenters. The number of carbonyl (C=O) groups is 1. The van der Waals surface area contributed by atoms with Crippen molar-refractivity contribution in [2.24, 2.45) is 0 Å². The highest BCUT2D eigenvalue weighted by Gasteiger charge is 2.25. The summed E-state index contributed by atoms with van der Waals surface area (Å²) < 4.78 is 7.50. The lowest BCUT2D eigenvalue weighted by Gasteiger charge is -2.30. The van der Waals surface area contributed by atoms with Crippen molar-refractivity contribution in [3.05, 3.63) is 90.3 Å². The number of nitrogens with zero attached hydrogens (tertiary/aromatic N) is 5. The first-order valence-electron chi connectivity index (χ1n) is 10.9. The van der Waals surface area contributed by atoms with Gasteiger partial charge >= 0.3 is 0 Å². The summed E-state index contributed by atoms with van der Waals surface area (Å²) in [6.07, 6.45) is 7.93. The van der Waals surface area contributed by atoms with E-state index in [4.69, 9.17) is 4.74 Å². The average Bonchev–Trinajstić information content (AvgIpc) is 3.31. The van der Waals surface area contributed by atoms with Crippen molar-refractivity contribution < 1.29 is 9.53 Å². The molecule has 172 valence electrons. The molecule has 0 atom stereocenters. The van der Waals surface area contributed by atoms with Crippen molar-refractivity contribution in [1.29, 1.82) is 0 Å². The maximum atomic E-state index is 12.2. The maximum absolute atomic E-state index is 12.2. The molecule has 4 aromatic rings. The fourth-order valence-electron chi connectivity index (χ4n) is 3.84. The molecule has 1 aliphatic heterocycles. The van der Waals surface area contributed by atoms with Gasteiger partial charge in [0.1, 0.15) is 11.8 Å². The number of nitrogens with one attached hydrogen (secondary N) is 1. The van der Waals surface area contributed by atoms with Crippen LogP contribution in [-0.4, -0.2) is 45.8 Å². The predicted octanol–water partition coefficient (Wildman–Crippen LogP) is 3.90. The third kappa shape index (κ3) is 4.80. The number of aromatic nitrogens is 4. The second-order valence-corrected chi connectivity index (χ2v) is 8.87. The zero-order chi connectivity index (χ0) is 23.3. The van der Waals surface area contributed by atoms with E-state index in [1.54, 1.807) is 43.4 Å². The molecular formula is C25H24N6O2S. The molecule has 3 heterocycles. The number of anilines is 2. The maximum Gasteiger partial charge on any atom is 0.251 e. The van der Waals surface area contributed by atoms with Gasteiger partial charge in [0.05, 0.1) is 17.7 Å². The molecule has 0 spiro atoms. The quantitative estimate of drug-likeness (QED) is 0.416. The second kappa shape index (κ2) is 10.1. The lowest BCUT2D eigenvalue weighted by atomic mass is 10.2. The van der Waals surface area contributed by atoms with Gasteiger partial charge in [-0.3, -0.25) is 9.69 Å². The van der Waals surface area contributed by atoms with Gasteiger partial charge in [-0.15, -0.1) is 0 Å². The van der Waals surface area contributed by atoms with E-state index in [1.807, 2.05) is 35.6 Å². The zero-order valence-corrected chi connectivity index (χ0v) is 19.5. The van der Waals surface area contributed by atoms with Gasteiger partial charge in [0, 0.05) is 55.7 Å². The van der Waals surface area contributed by atoms with E-state index < -0.39 is 0 Å². The smallest absolute Gasteiger partial charge is 0.251 e. The van der Waals surface area contributed by atoms with Crippen molar-refractivity contribution in [1.82, 2.24) is 24.8 Å². The molecule has 9 heteroatoms. The highest BCUT2D eigenvalue weighted by Crippen LogP contribution is 2.46. The SMILES string of the molecule is COCN1c2cc(Cn3cnc(CCNC(=O)c4ccccc4)c3)ccc2Sc2nccnc21. The monoisotopic (exact) mass is 472 g/mol. The van der Waals surface area contributed by atoms with E-state index in [2.05, 4.69) is 43.0 Å². The number of carbonyl (C=O) groups excluding carboxylic acids is 1. The van der Waals surface area contributed by atoms with Crippen LogP contribution in [0.4, 0.5) is 11.5 Å². The number of ether oxygens (including phenoxy) is 1. The number of rotatable bonds is 8. The number of benzene rings is 2. The van der Waals surface area contributed by atoms with E-state index in [1.165, 1.54) is 0 Å². The Bertz CT molecular complexity index is 1290. The molecule has 5 rings (SSSR count). The Morgan fingerprint density at radius 3 is 2.79 bits per heavy atom. The lowest BCUT2D eigenvalue weighted by molar-refractivity contribution is 0.0954. The van der Waals surface area contributed by atoms with Gasteiger partial charge in [-0.2, -0.15) is 0 Å². The third-order valence-corrected chi connectivity index (χ3v) is 6.48. The first kappa shape index (κ1) is 22.1. The Labute approximate surface area is 202 Å². The van der Waals surface area contributed by atoms with Crippen LogP contribution in [0.1, 0.15) is 21.6 Å². The van der Waals surface area contributed by atoms with Crippen LogP contribution in [0.2, 0.25) is 0 Å². The van der Waals surface area contributed by atoms with Gasteiger partial charge in [-0.1, -0.05) is 36.0 Å². The Morgan fingerprint density at radius 2 is 1.94 bits per heavy atom. The number of fused-ring (bicyclic) bond motifs is 2. The summed E-state index contributed by atoms with van der Waals surface area (Å²) in [7, 11) is 1.68. The summed E-state index contributed by atoms with van der Waals surface area (Å²) in [5.74, 6) is 0.736. The summed E-state index contributed by atoms with van der Waals surface area (Å²) in [4.78, 5) is 28.8. The van der Waals surface area contributed by atoms with Crippen molar-refractivity contribution in [2.45, 2.75) is 22.9 Å². The molecule has 0 radical (unpaired) electrons. The van der Waals surface area contributed by atoms with Crippen LogP contribution in [0.5, 0.6) is 0 Å². The largest absolute Gasteiger partial charge is 0.364 e. The molecule has 0 aliphatic carbocycles. The van der Waals surface area contributed by atoms with Gasteiger partial charge in [-0.25, -0.2) is 15.0 Å². The molecule has 34 heavy (non-hydrogen) atoms. The molecule has 2 aromatic heterocycles. The van der Waals surface area contributed by atoms with Gasteiger partial charge in [0.25, 0.3) is 5.91 Å². The predicted molar refractivity (Wildman–Crippen MR) is 130 cm³/mol. The molecule has 1 N–H and O–H groups in total. The van der Waals surface area contributed by atoms with Gasteiger partial charge in [0.2, 0.25) is 0 Å². The normalized spacial score (nSPS) is 12.2. The molecule has 0 bridgehead atoms. The number of amides is 1. The standard InChI is InChI=1S/C25H24N6O2S/c1-33-17-31-21-13-18(7-8-22(21)34-25-23(31)26-11-12-28-25)14-30-15-20(29-16-30)9-10-27-24(32)19-5-3-2-4-6-19/h2-8,11-13,15-16H,9-10,14,17H2,1H3,(H,27,32). The van der Waals surface area contributed by atoms with E-state index >= 15 is 0 Å². The molecule has 1 aliphatic rings. The number of hydrogen-bond donors (Lipinski definition) is 1. The van der Waals surface area contributed by atoms with Crippen molar-refractivity contribution in [3.63, 3.8) is 0 Å². The first-order chi connectivity index (χ1) is 16.7. The topological polar surface area (TPSA) is 85.2 Å². The Hall–Kier alpha value is -3.69. The fraction of sp³-hybridized carbons (Fsp3) is 0.200. The summed E-state index contributed by atoms with van der Waals surface area (Å²) >= 11 is 1.62. The third-order valence-electron chi connectivity index (χ3n) is 5.44. The highest BCUT2D eigenvalue weighted by atomic mass is 32.2. The van der Waals surface area contributed by atoms with Gasteiger partial charge < -0.3 is 14.6 Å². The average molecular weight is 473 g/mol. The van der Waals surface area contributed by atoms with Crippen LogP contribution in [0.25, 0.3) is 0 Å². The second-order valence-electron chi connectivity index (χ2n) is 7.84. The minimum atomic E-state index is -0.0705.